The molecule has 1 atom stereocenters. The first kappa shape index (κ1) is 21.3. The molecule has 0 aliphatic carbocycles. The van der Waals surface area contributed by atoms with Crippen molar-refractivity contribution in [1.82, 2.24) is 20.4 Å². The second-order valence-corrected chi connectivity index (χ2v) is 7.38. The number of carbonyl (C=O) groups is 2. The molecule has 1 fully saturated rings. The van der Waals surface area contributed by atoms with E-state index in [1.165, 1.54) is 12.1 Å². The van der Waals surface area contributed by atoms with Gasteiger partial charge in [0, 0.05) is 31.1 Å². The second-order valence-electron chi connectivity index (χ2n) is 7.38. The number of ether oxygens (including phenoxy) is 1. The maximum Gasteiger partial charge on any atom is 0.319 e. The van der Waals surface area contributed by atoms with Crippen molar-refractivity contribution >= 4 is 17.6 Å². The number of likely N-dealkylation sites (tertiary alicyclic amines) is 1. The van der Waals surface area contributed by atoms with Gasteiger partial charge in [-0.1, -0.05) is 17.3 Å². The summed E-state index contributed by atoms with van der Waals surface area (Å²) in [6.45, 7) is 0.892. The molecule has 1 saturated heterocycles. The molecule has 0 radical (unpaired) electrons. The van der Waals surface area contributed by atoms with Gasteiger partial charge in [0.15, 0.2) is 5.82 Å². The van der Waals surface area contributed by atoms with Gasteiger partial charge in [-0.15, -0.1) is 0 Å². The van der Waals surface area contributed by atoms with Crippen molar-refractivity contribution in [1.29, 1.82) is 0 Å². The van der Waals surface area contributed by atoms with Crippen LogP contribution in [0.1, 0.15) is 29.6 Å². The molecule has 1 aliphatic heterocycles. The number of nitrogens with one attached hydrogen (secondary N) is 2. The third-order valence-corrected chi connectivity index (χ3v) is 5.10. The van der Waals surface area contributed by atoms with Crippen molar-refractivity contribution in [2.24, 2.45) is 0 Å². The molecule has 2 N–H and O–H groups in total. The molecule has 2 aromatic carbocycles. The third kappa shape index (κ3) is 5.20. The van der Waals surface area contributed by atoms with Gasteiger partial charge >= 0.3 is 6.03 Å². The number of benzene rings is 2. The number of hydrogen-bond acceptors (Lipinski definition) is 6. The molecule has 10 heteroatoms. The quantitative estimate of drug-likeness (QED) is 0.586. The number of nitrogens with zero attached hydrogens (tertiary/aromatic N) is 3. The summed E-state index contributed by atoms with van der Waals surface area (Å²) in [6, 6.07) is 12.6. The smallest absolute Gasteiger partial charge is 0.319 e. The van der Waals surface area contributed by atoms with Gasteiger partial charge in [0.25, 0.3) is 0 Å². The summed E-state index contributed by atoms with van der Waals surface area (Å²) in [7, 11) is 1.57. The fraction of sp³-hybridized carbons (Fsp3) is 0.273. The number of anilines is 1. The molecule has 0 bridgehead atoms. The number of urea groups is 1. The number of amides is 3. The summed E-state index contributed by atoms with van der Waals surface area (Å²) < 4.78 is 23.4. The lowest BCUT2D eigenvalue weighted by Gasteiger charge is -2.16. The van der Waals surface area contributed by atoms with E-state index in [0.29, 0.717) is 30.4 Å². The van der Waals surface area contributed by atoms with Gasteiger partial charge in [-0.05, 0) is 42.0 Å². The monoisotopic (exact) mass is 439 g/mol. The van der Waals surface area contributed by atoms with E-state index < -0.39 is 6.03 Å². The molecular formula is C22H22FN5O4. The van der Waals surface area contributed by atoms with E-state index in [9.17, 15) is 14.0 Å². The van der Waals surface area contributed by atoms with Crippen LogP contribution in [0.3, 0.4) is 0 Å². The van der Waals surface area contributed by atoms with Crippen molar-refractivity contribution < 1.29 is 23.2 Å². The van der Waals surface area contributed by atoms with Crippen molar-refractivity contribution in [3.8, 4) is 5.75 Å². The van der Waals surface area contributed by atoms with Crippen LogP contribution in [-0.2, 0) is 17.9 Å². The van der Waals surface area contributed by atoms with E-state index in [2.05, 4.69) is 20.8 Å². The number of hydrogen-bond donors (Lipinski definition) is 2. The van der Waals surface area contributed by atoms with E-state index in [1.807, 2.05) is 0 Å². The van der Waals surface area contributed by atoms with Gasteiger partial charge < -0.3 is 24.8 Å². The fourth-order valence-corrected chi connectivity index (χ4v) is 3.42. The minimum Gasteiger partial charge on any atom is -0.497 e. The van der Waals surface area contributed by atoms with Crippen LogP contribution < -0.4 is 15.4 Å². The van der Waals surface area contributed by atoms with Crippen LogP contribution in [0.2, 0.25) is 0 Å². The van der Waals surface area contributed by atoms with Crippen LogP contribution in [0.15, 0.2) is 53.1 Å². The molecule has 2 heterocycles. The Balaban J connectivity index is 1.28. The Morgan fingerprint density at radius 1 is 1.22 bits per heavy atom. The molecule has 4 rings (SSSR count). The Morgan fingerprint density at radius 3 is 2.69 bits per heavy atom. The highest BCUT2D eigenvalue weighted by Crippen LogP contribution is 2.27. The van der Waals surface area contributed by atoms with Crippen molar-refractivity contribution in [3.63, 3.8) is 0 Å². The van der Waals surface area contributed by atoms with Gasteiger partial charge in [-0.3, -0.25) is 4.79 Å². The van der Waals surface area contributed by atoms with Gasteiger partial charge in [0.2, 0.25) is 11.8 Å². The molecular weight excluding hydrogens is 417 g/mol. The average molecular weight is 439 g/mol. The minimum absolute atomic E-state index is 0.0253. The Kier molecular flexibility index (Phi) is 6.29. The zero-order valence-corrected chi connectivity index (χ0v) is 17.4. The number of aromatic nitrogens is 2. The summed E-state index contributed by atoms with van der Waals surface area (Å²) in [4.78, 5) is 30.4. The normalized spacial score (nSPS) is 15.6. The van der Waals surface area contributed by atoms with Gasteiger partial charge in [0.1, 0.15) is 11.6 Å². The number of carbonyl (C=O) groups excluding carboxylic acids is 2. The summed E-state index contributed by atoms with van der Waals surface area (Å²) >= 11 is 0. The maximum atomic E-state index is 13.1. The topological polar surface area (TPSA) is 110 Å². The zero-order valence-electron chi connectivity index (χ0n) is 17.4. The lowest BCUT2D eigenvalue weighted by Crippen LogP contribution is -2.28. The first-order chi connectivity index (χ1) is 15.5. The SMILES string of the molecule is COc1ccc(NC(=O)NCc2nc([C@H]3CC(=O)N(Cc4ccc(F)cc4)C3)no2)cc1. The van der Waals surface area contributed by atoms with Crippen LogP contribution in [0.4, 0.5) is 14.9 Å². The Bertz CT molecular complexity index is 1080. The summed E-state index contributed by atoms with van der Waals surface area (Å²) in [5, 5.41) is 9.31. The molecule has 3 aromatic rings. The standard InChI is InChI=1S/C22H22FN5O4/c1-31-18-8-6-17(7-9-18)25-22(30)24-11-19-26-21(27-32-19)15-10-20(29)28(13-15)12-14-2-4-16(23)5-3-14/h2-9,15H,10-13H2,1H3,(H2,24,25,30)/t15-/m0/s1. The minimum atomic E-state index is -0.420. The lowest BCUT2D eigenvalue weighted by atomic mass is 10.1. The summed E-state index contributed by atoms with van der Waals surface area (Å²) in [5.41, 5.74) is 1.46. The van der Waals surface area contributed by atoms with Crippen molar-refractivity contribution in [2.45, 2.75) is 25.4 Å². The molecule has 3 amide bonds. The van der Waals surface area contributed by atoms with Gasteiger partial charge in [0.05, 0.1) is 13.7 Å². The van der Waals surface area contributed by atoms with Crippen LogP contribution >= 0.6 is 0 Å². The zero-order chi connectivity index (χ0) is 22.5. The molecule has 0 spiro atoms. The van der Waals surface area contributed by atoms with Crippen LogP contribution in [0, 0.1) is 5.82 Å². The molecule has 1 aliphatic rings. The predicted molar refractivity (Wildman–Crippen MR) is 112 cm³/mol. The lowest BCUT2D eigenvalue weighted by molar-refractivity contribution is -0.128. The molecule has 0 unspecified atom stereocenters. The Hall–Kier alpha value is -3.95. The predicted octanol–water partition coefficient (Wildman–Crippen LogP) is 3.06. The Labute approximate surface area is 183 Å². The maximum absolute atomic E-state index is 13.1. The van der Waals surface area contributed by atoms with E-state index >= 15 is 0 Å². The largest absolute Gasteiger partial charge is 0.497 e. The number of rotatable bonds is 7. The first-order valence-electron chi connectivity index (χ1n) is 10.0. The third-order valence-electron chi connectivity index (χ3n) is 5.10. The Morgan fingerprint density at radius 2 is 1.97 bits per heavy atom. The highest BCUT2D eigenvalue weighted by atomic mass is 19.1. The summed E-state index contributed by atoms with van der Waals surface area (Å²) in [6.07, 6.45) is 0.269. The molecule has 0 saturated carbocycles. The van der Waals surface area contributed by atoms with E-state index in [0.717, 1.165) is 5.56 Å². The van der Waals surface area contributed by atoms with E-state index in [1.54, 1.807) is 48.4 Å². The molecule has 166 valence electrons. The second kappa shape index (κ2) is 9.46. The average Bonchev–Trinajstić information content (AvgIpc) is 3.41. The molecule has 32 heavy (non-hydrogen) atoms. The van der Waals surface area contributed by atoms with Crippen LogP contribution in [0.25, 0.3) is 0 Å². The van der Waals surface area contributed by atoms with E-state index in [4.69, 9.17) is 9.26 Å². The highest BCUT2D eigenvalue weighted by Gasteiger charge is 2.33. The summed E-state index contributed by atoms with van der Waals surface area (Å²) in [5.74, 6) is 0.818. The van der Waals surface area contributed by atoms with Crippen LogP contribution in [0.5, 0.6) is 5.75 Å². The fourth-order valence-electron chi connectivity index (χ4n) is 3.42. The molecule has 1 aromatic heterocycles. The number of methoxy groups -OCH3 is 1. The van der Waals surface area contributed by atoms with Gasteiger partial charge in [-0.25, -0.2) is 9.18 Å². The van der Waals surface area contributed by atoms with Gasteiger partial charge in [-0.2, -0.15) is 4.98 Å². The molecule has 9 nitrogen and oxygen atoms in total. The van der Waals surface area contributed by atoms with Crippen molar-refractivity contribution in [2.75, 3.05) is 19.0 Å². The van der Waals surface area contributed by atoms with Crippen molar-refractivity contribution in [3.05, 3.63) is 71.6 Å². The number of halogens is 1. The highest BCUT2D eigenvalue weighted by molar-refractivity contribution is 5.89. The van der Waals surface area contributed by atoms with Crippen LogP contribution in [-0.4, -0.2) is 40.6 Å². The first-order valence-corrected chi connectivity index (χ1v) is 10.0. The van der Waals surface area contributed by atoms with E-state index in [-0.39, 0.29) is 36.5 Å².